The number of aromatic nitrogens is 2. The third-order valence-electron chi connectivity index (χ3n) is 2.15. The molecule has 2 rings (SSSR count). The number of nitrogens with two attached hydrogens (primary N) is 1. The third-order valence-corrected chi connectivity index (χ3v) is 2.15. The van der Waals surface area contributed by atoms with Crippen LogP contribution in [0, 0.1) is 5.21 Å². The minimum Gasteiger partial charge on any atom is -0.691 e. The number of hydrogen-bond acceptors (Lipinski definition) is 4. The normalized spacial score (nSPS) is 10.0. The van der Waals surface area contributed by atoms with Crippen LogP contribution in [0.1, 0.15) is 5.56 Å². The first-order chi connectivity index (χ1) is 7.75. The van der Waals surface area contributed by atoms with Crippen LogP contribution in [0.4, 0.5) is 11.6 Å². The van der Waals surface area contributed by atoms with Crippen LogP contribution in [-0.2, 0) is 6.54 Å². The smallest absolute Gasteiger partial charge is 0.296 e. The molecule has 16 heavy (non-hydrogen) atoms. The highest BCUT2D eigenvalue weighted by Gasteiger charge is 2.00. The summed E-state index contributed by atoms with van der Waals surface area (Å²) in [6, 6.07) is 13.1. The number of anilines is 2. The molecule has 1 heterocycles. The summed E-state index contributed by atoms with van der Waals surface area (Å²) in [5.41, 5.74) is 6.48. The Hall–Kier alpha value is -2.30. The molecule has 0 fully saturated rings. The van der Waals surface area contributed by atoms with Gasteiger partial charge in [0.1, 0.15) is 0 Å². The molecule has 0 aliphatic rings. The highest BCUT2D eigenvalue weighted by atomic mass is 16.5. The van der Waals surface area contributed by atoms with Gasteiger partial charge in [0.05, 0.1) is 0 Å². The number of nitrogens with one attached hydrogen (secondary N) is 1. The monoisotopic (exact) mass is 216 g/mol. The van der Waals surface area contributed by atoms with Gasteiger partial charge < -0.3 is 10.5 Å². The van der Waals surface area contributed by atoms with Crippen molar-refractivity contribution in [1.29, 1.82) is 0 Å². The molecule has 5 heteroatoms. The number of nitrogen functional groups attached to an aromatic ring is 1. The first-order valence-electron chi connectivity index (χ1n) is 4.90. The lowest BCUT2D eigenvalue weighted by atomic mass is 10.2. The van der Waals surface area contributed by atoms with Crippen LogP contribution < -0.4 is 15.9 Å². The summed E-state index contributed by atoms with van der Waals surface area (Å²) in [5.74, 6) is 0.596. The lowest BCUT2D eigenvalue weighted by molar-refractivity contribution is -0.653. The van der Waals surface area contributed by atoms with E-state index in [2.05, 4.69) is 10.4 Å². The van der Waals surface area contributed by atoms with Crippen LogP contribution in [0.25, 0.3) is 0 Å². The van der Waals surface area contributed by atoms with Gasteiger partial charge in [-0.3, -0.25) is 5.73 Å². The van der Waals surface area contributed by atoms with E-state index in [1.807, 2.05) is 30.3 Å². The second-order valence-electron chi connectivity index (χ2n) is 3.36. The summed E-state index contributed by atoms with van der Waals surface area (Å²) in [5, 5.41) is 17.8. The first kappa shape index (κ1) is 10.2. The zero-order valence-electron chi connectivity index (χ0n) is 8.63. The largest absolute Gasteiger partial charge is 0.691 e. The molecule has 0 aliphatic heterocycles. The van der Waals surface area contributed by atoms with Crippen molar-refractivity contribution in [1.82, 2.24) is 5.10 Å². The molecule has 0 spiro atoms. The number of nitrogens with zero attached hydrogens (tertiary/aromatic N) is 2. The first-order valence-corrected chi connectivity index (χ1v) is 4.90. The van der Waals surface area contributed by atoms with Crippen molar-refractivity contribution in [3.8, 4) is 0 Å². The SMILES string of the molecule is Nc1ccc(NCc2ccccc2)n[n+]1[O-]. The van der Waals surface area contributed by atoms with Gasteiger partial charge in [-0.15, -0.1) is 4.85 Å². The van der Waals surface area contributed by atoms with Crippen LogP contribution in [0.3, 0.4) is 0 Å². The van der Waals surface area contributed by atoms with E-state index in [4.69, 9.17) is 5.73 Å². The number of benzene rings is 1. The van der Waals surface area contributed by atoms with E-state index < -0.39 is 0 Å². The van der Waals surface area contributed by atoms with Gasteiger partial charge >= 0.3 is 0 Å². The molecule has 2 aromatic rings. The lowest BCUT2D eigenvalue weighted by Gasteiger charge is -2.07. The van der Waals surface area contributed by atoms with Crippen LogP contribution in [0.5, 0.6) is 0 Å². The van der Waals surface area contributed by atoms with Crippen molar-refractivity contribution in [3.05, 3.63) is 53.2 Å². The van der Waals surface area contributed by atoms with Gasteiger partial charge in [-0.2, -0.15) is 0 Å². The van der Waals surface area contributed by atoms with E-state index in [-0.39, 0.29) is 5.82 Å². The van der Waals surface area contributed by atoms with E-state index in [9.17, 15) is 5.21 Å². The van der Waals surface area contributed by atoms with Gasteiger partial charge in [-0.1, -0.05) is 35.4 Å². The Balaban J connectivity index is 2.03. The zero-order valence-corrected chi connectivity index (χ0v) is 8.63. The van der Waals surface area contributed by atoms with Crippen LogP contribution >= 0.6 is 0 Å². The maximum Gasteiger partial charge on any atom is 0.296 e. The summed E-state index contributed by atoms with van der Waals surface area (Å²) < 4.78 is 0. The fourth-order valence-electron chi connectivity index (χ4n) is 1.30. The van der Waals surface area contributed by atoms with E-state index in [0.29, 0.717) is 17.2 Å². The molecule has 82 valence electrons. The standard InChI is InChI=1S/C11H12N4O/c12-10-6-7-11(14-15(10)16)13-8-9-4-2-1-3-5-9/h1-7H,8,12H2,(H,13,14). The molecular weight excluding hydrogens is 204 g/mol. The van der Waals surface area contributed by atoms with Crippen molar-refractivity contribution < 1.29 is 4.85 Å². The van der Waals surface area contributed by atoms with Crippen molar-refractivity contribution in [3.63, 3.8) is 0 Å². The van der Waals surface area contributed by atoms with Gasteiger partial charge in [0.25, 0.3) is 5.82 Å². The molecule has 0 bridgehead atoms. The van der Waals surface area contributed by atoms with Crippen LogP contribution in [0.2, 0.25) is 0 Å². The predicted molar refractivity (Wildman–Crippen MR) is 61.4 cm³/mol. The fourth-order valence-corrected chi connectivity index (χ4v) is 1.30. The minimum absolute atomic E-state index is 0.0882. The summed E-state index contributed by atoms with van der Waals surface area (Å²) in [6.07, 6.45) is 0. The molecule has 0 unspecified atom stereocenters. The van der Waals surface area contributed by atoms with Gasteiger partial charge in [0, 0.05) is 12.6 Å². The maximum absolute atomic E-state index is 11.1. The fraction of sp³-hybridized carbons (Fsp3) is 0.0909. The summed E-state index contributed by atoms with van der Waals surface area (Å²) in [6.45, 7) is 0.623. The van der Waals surface area contributed by atoms with Gasteiger partial charge in [-0.05, 0) is 11.6 Å². The Labute approximate surface area is 93.1 Å². The lowest BCUT2D eigenvalue weighted by Crippen LogP contribution is -2.35. The summed E-state index contributed by atoms with van der Waals surface area (Å²) in [7, 11) is 0. The third kappa shape index (κ3) is 2.38. The quantitative estimate of drug-likeness (QED) is 0.590. The average molecular weight is 216 g/mol. The van der Waals surface area contributed by atoms with E-state index in [1.165, 1.54) is 6.07 Å². The van der Waals surface area contributed by atoms with Crippen molar-refractivity contribution in [2.45, 2.75) is 6.54 Å². The van der Waals surface area contributed by atoms with Gasteiger partial charge in [0.15, 0.2) is 5.82 Å². The van der Waals surface area contributed by atoms with Gasteiger partial charge in [0.2, 0.25) is 0 Å². The average Bonchev–Trinajstić information content (AvgIpc) is 2.32. The molecule has 0 saturated carbocycles. The Bertz CT molecular complexity index is 473. The van der Waals surface area contributed by atoms with Crippen molar-refractivity contribution in [2.75, 3.05) is 11.1 Å². The minimum atomic E-state index is 0.0882. The molecule has 3 N–H and O–H groups in total. The predicted octanol–water partition coefficient (Wildman–Crippen LogP) is 0.909. The highest BCUT2D eigenvalue weighted by Crippen LogP contribution is 2.05. The molecule has 1 aromatic heterocycles. The number of hydrogen-bond donors (Lipinski definition) is 2. The van der Waals surface area contributed by atoms with E-state index in [0.717, 1.165) is 5.56 Å². The molecule has 0 saturated heterocycles. The molecule has 0 radical (unpaired) electrons. The molecule has 1 aromatic carbocycles. The Kier molecular flexibility index (Phi) is 2.86. The summed E-state index contributed by atoms with van der Waals surface area (Å²) >= 11 is 0. The molecular formula is C11H12N4O. The molecule has 0 aliphatic carbocycles. The summed E-state index contributed by atoms with van der Waals surface area (Å²) in [4.78, 5) is 0.396. The van der Waals surface area contributed by atoms with E-state index >= 15 is 0 Å². The van der Waals surface area contributed by atoms with Crippen molar-refractivity contribution in [2.24, 2.45) is 0 Å². The van der Waals surface area contributed by atoms with Crippen molar-refractivity contribution >= 4 is 11.6 Å². The molecule has 0 atom stereocenters. The second-order valence-corrected chi connectivity index (χ2v) is 3.36. The van der Waals surface area contributed by atoms with Gasteiger partial charge in [-0.25, -0.2) is 0 Å². The van der Waals surface area contributed by atoms with Crippen LogP contribution in [0.15, 0.2) is 42.5 Å². The zero-order chi connectivity index (χ0) is 11.4. The number of rotatable bonds is 3. The Morgan fingerprint density at radius 1 is 1.19 bits per heavy atom. The molecule has 0 amide bonds. The van der Waals surface area contributed by atoms with E-state index in [1.54, 1.807) is 6.07 Å². The topological polar surface area (TPSA) is 77.9 Å². The second kappa shape index (κ2) is 4.48. The Morgan fingerprint density at radius 3 is 2.62 bits per heavy atom. The Morgan fingerprint density at radius 2 is 1.94 bits per heavy atom. The maximum atomic E-state index is 11.1. The molecule has 5 nitrogen and oxygen atoms in total. The highest BCUT2D eigenvalue weighted by molar-refractivity contribution is 5.36. The van der Waals surface area contributed by atoms with Crippen LogP contribution in [-0.4, -0.2) is 5.10 Å².